The highest BCUT2D eigenvalue weighted by Gasteiger charge is 2.08. The highest BCUT2D eigenvalue weighted by atomic mass is 32.2. The summed E-state index contributed by atoms with van der Waals surface area (Å²) in [5, 5.41) is 2.73. The average Bonchev–Trinajstić information content (AvgIpc) is 2.59. The lowest BCUT2D eigenvalue weighted by atomic mass is 10.2. The summed E-state index contributed by atoms with van der Waals surface area (Å²) >= 11 is 0. The van der Waals surface area contributed by atoms with Gasteiger partial charge < -0.3 is 14.8 Å². The Kier molecular flexibility index (Phi) is 6.85. The molecule has 0 heterocycles. The predicted octanol–water partition coefficient (Wildman–Crippen LogP) is 2.27. The maximum absolute atomic E-state index is 12.1. The summed E-state index contributed by atoms with van der Waals surface area (Å²) < 4.78 is 35.7. The Labute approximate surface area is 153 Å². The van der Waals surface area contributed by atoms with Gasteiger partial charge in [0.2, 0.25) is 10.0 Å². The van der Waals surface area contributed by atoms with Gasteiger partial charge in [0.05, 0.1) is 19.4 Å². The standard InChI is InChI=1S/C18H22N2O5S/c1-3-24-16-7-9-17(10-8-16)25-12-11-19-18(21)14-5-4-6-15(13-14)20-26(2,22)23/h4-10,13,20H,3,11-12H2,1-2H3,(H,19,21). The van der Waals surface area contributed by atoms with Crippen LogP contribution in [0, 0.1) is 0 Å². The molecule has 0 fully saturated rings. The molecule has 8 heteroatoms. The fourth-order valence-electron chi connectivity index (χ4n) is 2.17. The van der Waals surface area contributed by atoms with E-state index < -0.39 is 10.0 Å². The van der Waals surface area contributed by atoms with Gasteiger partial charge in [0.25, 0.3) is 5.91 Å². The van der Waals surface area contributed by atoms with Crippen LogP contribution >= 0.6 is 0 Å². The Bertz CT molecular complexity index is 835. The molecule has 140 valence electrons. The van der Waals surface area contributed by atoms with E-state index >= 15 is 0 Å². The summed E-state index contributed by atoms with van der Waals surface area (Å²) in [6, 6.07) is 13.5. The van der Waals surface area contributed by atoms with Crippen molar-refractivity contribution in [3.8, 4) is 11.5 Å². The van der Waals surface area contributed by atoms with Crippen molar-refractivity contribution in [2.45, 2.75) is 6.92 Å². The molecule has 0 unspecified atom stereocenters. The minimum absolute atomic E-state index is 0.307. The monoisotopic (exact) mass is 378 g/mol. The summed E-state index contributed by atoms with van der Waals surface area (Å²) in [4.78, 5) is 12.1. The molecule has 2 rings (SSSR count). The number of rotatable bonds is 9. The van der Waals surface area contributed by atoms with Crippen molar-refractivity contribution in [3.63, 3.8) is 0 Å². The van der Waals surface area contributed by atoms with Gasteiger partial charge in [-0.25, -0.2) is 8.42 Å². The molecule has 0 saturated carbocycles. The molecule has 0 spiro atoms. The van der Waals surface area contributed by atoms with Gasteiger partial charge in [0.1, 0.15) is 18.1 Å². The maximum atomic E-state index is 12.1. The number of ether oxygens (including phenoxy) is 2. The molecule has 0 aliphatic carbocycles. The van der Waals surface area contributed by atoms with Crippen LogP contribution in [0.4, 0.5) is 5.69 Å². The van der Waals surface area contributed by atoms with Gasteiger partial charge in [0, 0.05) is 11.3 Å². The summed E-state index contributed by atoms with van der Waals surface area (Å²) in [5.41, 5.74) is 0.700. The SMILES string of the molecule is CCOc1ccc(OCCNC(=O)c2cccc(NS(C)(=O)=O)c2)cc1. The van der Waals surface area contributed by atoms with E-state index in [4.69, 9.17) is 9.47 Å². The van der Waals surface area contributed by atoms with Gasteiger partial charge in [-0.3, -0.25) is 9.52 Å². The molecule has 2 N–H and O–H groups in total. The van der Waals surface area contributed by atoms with Crippen molar-refractivity contribution in [1.29, 1.82) is 0 Å². The molecule has 2 aromatic carbocycles. The van der Waals surface area contributed by atoms with Gasteiger partial charge >= 0.3 is 0 Å². The van der Waals surface area contributed by atoms with Crippen molar-refractivity contribution in [3.05, 3.63) is 54.1 Å². The predicted molar refractivity (Wildman–Crippen MR) is 100 cm³/mol. The second kappa shape index (κ2) is 9.10. The van der Waals surface area contributed by atoms with Gasteiger partial charge in [-0.05, 0) is 49.4 Å². The first-order chi connectivity index (χ1) is 12.4. The Morgan fingerprint density at radius 1 is 1.04 bits per heavy atom. The highest BCUT2D eigenvalue weighted by Crippen LogP contribution is 2.17. The Hall–Kier alpha value is -2.74. The fraction of sp³-hybridized carbons (Fsp3) is 0.278. The Morgan fingerprint density at radius 3 is 2.31 bits per heavy atom. The number of nitrogens with one attached hydrogen (secondary N) is 2. The zero-order valence-corrected chi connectivity index (χ0v) is 15.5. The molecule has 7 nitrogen and oxygen atoms in total. The van der Waals surface area contributed by atoms with Crippen molar-refractivity contribution >= 4 is 21.6 Å². The summed E-state index contributed by atoms with van der Waals surface area (Å²) in [7, 11) is -3.39. The van der Waals surface area contributed by atoms with Crippen molar-refractivity contribution in [2.24, 2.45) is 0 Å². The molecule has 2 aromatic rings. The van der Waals surface area contributed by atoms with Crippen molar-refractivity contribution in [2.75, 3.05) is 30.7 Å². The van der Waals surface area contributed by atoms with Gasteiger partial charge in [-0.15, -0.1) is 0 Å². The number of hydrogen-bond donors (Lipinski definition) is 2. The van der Waals surface area contributed by atoms with Gasteiger partial charge in [0.15, 0.2) is 0 Å². The number of carbonyl (C=O) groups is 1. The van der Waals surface area contributed by atoms with Crippen LogP contribution in [0.3, 0.4) is 0 Å². The third-order valence-electron chi connectivity index (χ3n) is 3.22. The van der Waals surface area contributed by atoms with E-state index in [-0.39, 0.29) is 5.91 Å². The largest absolute Gasteiger partial charge is 0.494 e. The lowest BCUT2D eigenvalue weighted by Crippen LogP contribution is -2.28. The van der Waals surface area contributed by atoms with Crippen LogP contribution in [-0.4, -0.2) is 40.3 Å². The van der Waals surface area contributed by atoms with Crippen LogP contribution in [0.25, 0.3) is 0 Å². The first kappa shape index (κ1) is 19.6. The van der Waals surface area contributed by atoms with Crippen LogP contribution < -0.4 is 19.5 Å². The zero-order valence-electron chi connectivity index (χ0n) is 14.7. The Balaban J connectivity index is 1.80. The third kappa shape index (κ3) is 6.64. The van der Waals surface area contributed by atoms with Crippen LogP contribution in [0.1, 0.15) is 17.3 Å². The second-order valence-electron chi connectivity index (χ2n) is 5.46. The molecule has 26 heavy (non-hydrogen) atoms. The molecule has 0 aliphatic rings. The smallest absolute Gasteiger partial charge is 0.251 e. The number of benzene rings is 2. The molecule has 0 radical (unpaired) electrons. The van der Waals surface area contributed by atoms with E-state index in [1.165, 1.54) is 6.07 Å². The number of amides is 1. The average molecular weight is 378 g/mol. The highest BCUT2D eigenvalue weighted by molar-refractivity contribution is 7.92. The summed E-state index contributed by atoms with van der Waals surface area (Å²) in [6.07, 6.45) is 1.05. The summed E-state index contributed by atoms with van der Waals surface area (Å²) in [6.45, 7) is 3.14. The minimum Gasteiger partial charge on any atom is -0.494 e. The van der Waals surface area contributed by atoms with E-state index in [0.717, 1.165) is 12.0 Å². The lowest BCUT2D eigenvalue weighted by Gasteiger charge is -2.10. The summed E-state index contributed by atoms with van der Waals surface area (Å²) in [5.74, 6) is 1.15. The molecular formula is C18H22N2O5S. The van der Waals surface area contributed by atoms with E-state index in [2.05, 4.69) is 10.0 Å². The van der Waals surface area contributed by atoms with Crippen molar-refractivity contribution < 1.29 is 22.7 Å². The van der Waals surface area contributed by atoms with E-state index in [1.54, 1.807) is 30.3 Å². The topological polar surface area (TPSA) is 93.7 Å². The molecule has 0 saturated heterocycles. The number of sulfonamides is 1. The number of hydrogen-bond acceptors (Lipinski definition) is 5. The number of carbonyl (C=O) groups excluding carboxylic acids is 1. The molecule has 0 aromatic heterocycles. The van der Waals surface area contributed by atoms with E-state index in [9.17, 15) is 13.2 Å². The fourth-order valence-corrected chi connectivity index (χ4v) is 2.73. The van der Waals surface area contributed by atoms with E-state index in [0.29, 0.717) is 36.8 Å². The molecule has 0 aliphatic heterocycles. The van der Waals surface area contributed by atoms with E-state index in [1.807, 2.05) is 19.1 Å². The first-order valence-corrected chi connectivity index (χ1v) is 9.98. The molecule has 0 atom stereocenters. The second-order valence-corrected chi connectivity index (χ2v) is 7.21. The normalized spacial score (nSPS) is 10.8. The lowest BCUT2D eigenvalue weighted by molar-refractivity contribution is 0.0947. The molecular weight excluding hydrogens is 356 g/mol. The third-order valence-corrected chi connectivity index (χ3v) is 3.83. The van der Waals surface area contributed by atoms with Crippen LogP contribution in [0.2, 0.25) is 0 Å². The Morgan fingerprint density at radius 2 is 1.69 bits per heavy atom. The van der Waals surface area contributed by atoms with Crippen LogP contribution in [0.15, 0.2) is 48.5 Å². The number of anilines is 1. The van der Waals surface area contributed by atoms with Gasteiger partial charge in [-0.2, -0.15) is 0 Å². The maximum Gasteiger partial charge on any atom is 0.251 e. The molecule has 0 bridgehead atoms. The first-order valence-electron chi connectivity index (χ1n) is 8.09. The molecule has 1 amide bonds. The van der Waals surface area contributed by atoms with Crippen molar-refractivity contribution in [1.82, 2.24) is 5.32 Å². The minimum atomic E-state index is -3.39. The van der Waals surface area contributed by atoms with Crippen LogP contribution in [-0.2, 0) is 10.0 Å². The van der Waals surface area contributed by atoms with Gasteiger partial charge in [-0.1, -0.05) is 6.07 Å². The zero-order chi connectivity index (χ0) is 19.0. The quantitative estimate of drug-likeness (QED) is 0.653. The van der Waals surface area contributed by atoms with Crippen LogP contribution in [0.5, 0.6) is 11.5 Å².